The van der Waals surface area contributed by atoms with Gasteiger partial charge in [0.1, 0.15) is 17.1 Å². The van der Waals surface area contributed by atoms with Crippen molar-refractivity contribution >= 4 is 28.1 Å². The molecule has 5 aromatic rings. The number of hydrogen-bond acceptors (Lipinski definition) is 4. The van der Waals surface area contributed by atoms with Crippen molar-refractivity contribution < 1.29 is 5.11 Å². The molecule has 1 fully saturated rings. The highest BCUT2D eigenvalue weighted by molar-refractivity contribution is 5.91. The largest absolute Gasteiger partial charge is 0.506 e. The SMILES string of the molecule is CC(C)c1ccnc(N2c3ccccc3C(C)(C)c3ccc(-c4ccc5c(C6CCC(C(C)(C)C)CC6)ccc(O)c5n4)cc32)c1. The lowest BCUT2D eigenvalue weighted by Crippen LogP contribution is -2.31. The Morgan fingerprint density at radius 1 is 0.826 bits per heavy atom. The number of para-hydroxylation sites is 1. The van der Waals surface area contributed by atoms with Crippen molar-refractivity contribution in [2.24, 2.45) is 11.3 Å². The lowest BCUT2D eigenvalue weighted by molar-refractivity contribution is 0.169. The lowest BCUT2D eigenvalue weighted by Gasteiger charge is -2.41. The third-order valence-corrected chi connectivity index (χ3v) is 11.0. The molecule has 1 aliphatic carbocycles. The Hall–Kier alpha value is -4.18. The number of aromatic hydroxyl groups is 1. The second kappa shape index (κ2) is 11.3. The monoisotopic (exact) mass is 609 g/mol. The van der Waals surface area contributed by atoms with E-state index in [9.17, 15) is 5.11 Å². The summed E-state index contributed by atoms with van der Waals surface area (Å²) in [4.78, 5) is 12.3. The average Bonchev–Trinajstić information content (AvgIpc) is 3.04. The molecule has 0 saturated heterocycles. The van der Waals surface area contributed by atoms with Gasteiger partial charge in [-0.15, -0.1) is 0 Å². The Kier molecular flexibility index (Phi) is 7.46. The van der Waals surface area contributed by atoms with Crippen LogP contribution in [0, 0.1) is 11.3 Å². The quantitative estimate of drug-likeness (QED) is 0.220. The van der Waals surface area contributed by atoms with Gasteiger partial charge in [0.05, 0.1) is 17.1 Å². The molecule has 2 aromatic heterocycles. The van der Waals surface area contributed by atoms with Crippen LogP contribution in [0.5, 0.6) is 5.75 Å². The first-order valence-corrected chi connectivity index (χ1v) is 17.1. The predicted octanol–water partition coefficient (Wildman–Crippen LogP) is 11.6. The number of phenolic OH excluding ortho intramolecular Hbond substituents is 1. The summed E-state index contributed by atoms with van der Waals surface area (Å²) in [6, 6.07) is 28.1. The minimum atomic E-state index is -0.188. The van der Waals surface area contributed by atoms with E-state index in [2.05, 4.69) is 126 Å². The maximum Gasteiger partial charge on any atom is 0.141 e. The smallest absolute Gasteiger partial charge is 0.141 e. The lowest BCUT2D eigenvalue weighted by atomic mass is 9.68. The summed E-state index contributed by atoms with van der Waals surface area (Å²) in [7, 11) is 0. The zero-order valence-electron chi connectivity index (χ0n) is 28.4. The summed E-state index contributed by atoms with van der Waals surface area (Å²) in [6.45, 7) is 16.2. The number of aromatic nitrogens is 2. The van der Waals surface area contributed by atoms with Crippen LogP contribution in [-0.2, 0) is 5.41 Å². The summed E-state index contributed by atoms with van der Waals surface area (Å²) < 4.78 is 0. The number of rotatable bonds is 4. The molecule has 2 aliphatic rings. The third-order valence-electron chi connectivity index (χ3n) is 11.0. The van der Waals surface area contributed by atoms with E-state index in [0.717, 1.165) is 39.8 Å². The maximum atomic E-state index is 11.1. The van der Waals surface area contributed by atoms with Crippen LogP contribution in [0.3, 0.4) is 0 Å². The number of hydrogen-bond donors (Lipinski definition) is 1. The number of pyridine rings is 2. The van der Waals surface area contributed by atoms with Crippen LogP contribution < -0.4 is 4.90 Å². The number of nitrogens with zero attached hydrogens (tertiary/aromatic N) is 3. The number of anilines is 3. The summed E-state index contributed by atoms with van der Waals surface area (Å²) in [6.07, 6.45) is 6.81. The molecule has 0 spiro atoms. The van der Waals surface area contributed by atoms with Crippen molar-refractivity contribution in [2.75, 3.05) is 4.90 Å². The van der Waals surface area contributed by atoms with Crippen LogP contribution in [0.2, 0.25) is 0 Å². The molecule has 0 bridgehead atoms. The van der Waals surface area contributed by atoms with E-state index >= 15 is 0 Å². The van der Waals surface area contributed by atoms with Gasteiger partial charge in [-0.3, -0.25) is 4.90 Å². The first-order valence-electron chi connectivity index (χ1n) is 17.1. The molecular formula is C42H47N3O. The van der Waals surface area contributed by atoms with Crippen LogP contribution in [0.1, 0.15) is 108 Å². The fourth-order valence-electron chi connectivity index (χ4n) is 8.05. The number of fused-ring (bicyclic) bond motifs is 3. The Balaban J connectivity index is 1.32. The summed E-state index contributed by atoms with van der Waals surface area (Å²) in [5.74, 6) is 2.83. The van der Waals surface area contributed by atoms with E-state index in [1.807, 2.05) is 12.3 Å². The van der Waals surface area contributed by atoms with Gasteiger partial charge in [0.25, 0.3) is 0 Å². The van der Waals surface area contributed by atoms with Gasteiger partial charge < -0.3 is 5.11 Å². The fourth-order valence-corrected chi connectivity index (χ4v) is 8.05. The van der Waals surface area contributed by atoms with Gasteiger partial charge >= 0.3 is 0 Å². The van der Waals surface area contributed by atoms with Gasteiger partial charge in [0, 0.05) is 22.6 Å². The molecular weight excluding hydrogens is 562 g/mol. The Morgan fingerprint density at radius 2 is 1.57 bits per heavy atom. The van der Waals surface area contributed by atoms with Gasteiger partial charge in [-0.2, -0.15) is 0 Å². The van der Waals surface area contributed by atoms with E-state index in [1.54, 1.807) is 0 Å². The number of phenols is 1. The second-order valence-electron chi connectivity index (χ2n) is 15.5. The van der Waals surface area contributed by atoms with Crippen LogP contribution >= 0.6 is 0 Å². The molecule has 4 nitrogen and oxygen atoms in total. The first-order chi connectivity index (χ1) is 21.9. The highest BCUT2D eigenvalue weighted by atomic mass is 16.3. The molecule has 0 radical (unpaired) electrons. The molecule has 3 heterocycles. The second-order valence-corrected chi connectivity index (χ2v) is 15.5. The predicted molar refractivity (Wildman–Crippen MR) is 192 cm³/mol. The molecule has 1 saturated carbocycles. The molecule has 7 rings (SSSR count). The van der Waals surface area contributed by atoms with Crippen molar-refractivity contribution in [1.29, 1.82) is 0 Å². The zero-order valence-corrected chi connectivity index (χ0v) is 28.4. The van der Waals surface area contributed by atoms with Crippen molar-refractivity contribution in [2.45, 2.75) is 91.4 Å². The van der Waals surface area contributed by atoms with Gasteiger partial charge in [0.2, 0.25) is 0 Å². The highest BCUT2D eigenvalue weighted by Crippen LogP contribution is 2.52. The molecule has 236 valence electrons. The topological polar surface area (TPSA) is 49.2 Å². The van der Waals surface area contributed by atoms with Crippen LogP contribution in [-0.4, -0.2) is 15.1 Å². The van der Waals surface area contributed by atoms with Gasteiger partial charge in [-0.05, 0) is 108 Å². The van der Waals surface area contributed by atoms with E-state index < -0.39 is 0 Å². The normalized spacial score (nSPS) is 19.3. The zero-order chi connectivity index (χ0) is 32.4. The molecule has 3 aromatic carbocycles. The Bertz CT molecular complexity index is 1920. The van der Waals surface area contributed by atoms with Gasteiger partial charge in [-0.25, -0.2) is 9.97 Å². The van der Waals surface area contributed by atoms with Crippen LogP contribution in [0.15, 0.2) is 85.1 Å². The highest BCUT2D eigenvalue weighted by Gasteiger charge is 2.37. The summed E-state index contributed by atoms with van der Waals surface area (Å²) >= 11 is 0. The van der Waals surface area contributed by atoms with Gasteiger partial charge in [-0.1, -0.05) is 90.9 Å². The van der Waals surface area contributed by atoms with Crippen LogP contribution in [0.25, 0.3) is 22.2 Å². The fraction of sp³-hybridized carbons (Fsp3) is 0.381. The molecule has 1 aliphatic heterocycles. The molecule has 1 N–H and O–H groups in total. The van der Waals surface area contributed by atoms with Crippen molar-refractivity contribution in [3.8, 4) is 17.0 Å². The standard InChI is InChI=1S/C42H47N3O/c1-26(2)28-22-23-43-39(25-28)45-36-11-9-8-10-33(36)42(6,7)34-19-14-29(24-37(34)45)35-20-17-32-31(18-21-38(46)40(32)44-35)27-12-15-30(16-13-27)41(3,4)5/h8-11,14,17-27,30,46H,12-13,15-16H2,1-7H3. The molecule has 46 heavy (non-hydrogen) atoms. The minimum absolute atomic E-state index is 0.188. The summed E-state index contributed by atoms with van der Waals surface area (Å²) in [5, 5.41) is 12.1. The maximum absolute atomic E-state index is 11.1. The average molecular weight is 610 g/mol. The van der Waals surface area contributed by atoms with Gasteiger partial charge in [0.15, 0.2) is 0 Å². The molecule has 0 unspecified atom stereocenters. The third kappa shape index (κ3) is 5.16. The molecule has 0 amide bonds. The Morgan fingerprint density at radius 3 is 2.30 bits per heavy atom. The molecule has 4 heteroatoms. The molecule has 0 atom stereocenters. The van der Waals surface area contributed by atoms with Crippen LogP contribution in [0.4, 0.5) is 17.2 Å². The van der Waals surface area contributed by atoms with Crippen molar-refractivity contribution in [3.05, 3.63) is 107 Å². The van der Waals surface area contributed by atoms with Crippen molar-refractivity contribution in [1.82, 2.24) is 9.97 Å². The van der Waals surface area contributed by atoms with E-state index in [1.165, 1.54) is 47.9 Å². The minimum Gasteiger partial charge on any atom is -0.506 e. The van der Waals surface area contributed by atoms with E-state index in [-0.39, 0.29) is 11.2 Å². The van der Waals surface area contributed by atoms with E-state index in [4.69, 9.17) is 9.97 Å². The summed E-state index contributed by atoms with van der Waals surface area (Å²) in [5.41, 5.74) is 10.1. The van der Waals surface area contributed by atoms with E-state index in [0.29, 0.717) is 22.8 Å². The number of benzene rings is 3. The van der Waals surface area contributed by atoms with Crippen molar-refractivity contribution in [3.63, 3.8) is 0 Å². The first kappa shape index (κ1) is 30.5. The Labute approximate surface area is 274 Å².